The highest BCUT2D eigenvalue weighted by Gasteiger charge is 2.00. The Hall–Kier alpha value is -1.90. The van der Waals surface area contributed by atoms with Crippen molar-refractivity contribution in [3.05, 3.63) is 43.0 Å². The Bertz CT molecular complexity index is 518. The lowest BCUT2D eigenvalue weighted by Gasteiger charge is -1.93. The van der Waals surface area contributed by atoms with Crippen molar-refractivity contribution in [2.75, 3.05) is 0 Å². The lowest BCUT2D eigenvalue weighted by atomic mass is 10.4. The molecule has 0 saturated heterocycles. The van der Waals surface area contributed by atoms with E-state index in [1.807, 2.05) is 24.5 Å². The molecule has 62 valence electrons. The molecule has 0 fully saturated rings. The Kier molecular flexibility index (Phi) is 1.16. The molecular formula is C10H7N3. The van der Waals surface area contributed by atoms with Gasteiger partial charge >= 0.3 is 0 Å². The van der Waals surface area contributed by atoms with Crippen LogP contribution < -0.4 is 0 Å². The van der Waals surface area contributed by atoms with Crippen LogP contribution in [-0.4, -0.2) is 14.4 Å². The zero-order valence-electron chi connectivity index (χ0n) is 6.88. The molecule has 3 heteroatoms. The van der Waals surface area contributed by atoms with E-state index in [4.69, 9.17) is 0 Å². The number of aromatic nitrogens is 3. The van der Waals surface area contributed by atoms with Crippen molar-refractivity contribution in [1.29, 1.82) is 0 Å². The van der Waals surface area contributed by atoms with Gasteiger partial charge in [0.15, 0.2) is 0 Å². The first kappa shape index (κ1) is 6.60. The van der Waals surface area contributed by atoms with Crippen molar-refractivity contribution in [2.45, 2.75) is 0 Å². The van der Waals surface area contributed by atoms with Crippen LogP contribution in [0.1, 0.15) is 0 Å². The van der Waals surface area contributed by atoms with Crippen LogP contribution in [0.25, 0.3) is 16.6 Å². The van der Waals surface area contributed by atoms with Gasteiger partial charge in [-0.2, -0.15) is 0 Å². The van der Waals surface area contributed by atoms with Gasteiger partial charge in [0.05, 0.1) is 22.7 Å². The van der Waals surface area contributed by atoms with E-state index in [0.29, 0.717) is 0 Å². The van der Waals surface area contributed by atoms with Crippen LogP contribution in [0.15, 0.2) is 43.0 Å². The van der Waals surface area contributed by atoms with E-state index in [9.17, 15) is 0 Å². The van der Waals surface area contributed by atoms with Crippen LogP contribution in [0.4, 0.5) is 0 Å². The quantitative estimate of drug-likeness (QED) is 0.514. The van der Waals surface area contributed by atoms with Crippen LogP contribution in [0.3, 0.4) is 0 Å². The second kappa shape index (κ2) is 2.29. The van der Waals surface area contributed by atoms with Gasteiger partial charge in [-0.3, -0.25) is 9.97 Å². The number of fused-ring (bicyclic) bond motifs is 3. The molecule has 0 spiro atoms. The summed E-state index contributed by atoms with van der Waals surface area (Å²) < 4.78 is 2.08. The smallest absolute Gasteiger partial charge is 0.0891 e. The van der Waals surface area contributed by atoms with Crippen LogP contribution in [0.5, 0.6) is 0 Å². The summed E-state index contributed by atoms with van der Waals surface area (Å²) in [7, 11) is 0. The molecule has 0 bridgehead atoms. The molecule has 13 heavy (non-hydrogen) atoms. The number of hydrogen-bond donors (Lipinski definition) is 0. The lowest BCUT2D eigenvalue weighted by molar-refractivity contribution is 1.17. The van der Waals surface area contributed by atoms with Crippen molar-refractivity contribution in [3.8, 4) is 0 Å². The molecule has 3 rings (SSSR count). The van der Waals surface area contributed by atoms with E-state index in [-0.39, 0.29) is 0 Å². The molecule has 3 nitrogen and oxygen atoms in total. The summed E-state index contributed by atoms with van der Waals surface area (Å²) in [6, 6.07) is 6.02. The monoisotopic (exact) mass is 169 g/mol. The fraction of sp³-hybridized carbons (Fsp3) is 0. The average Bonchev–Trinajstić information content (AvgIpc) is 2.56. The summed E-state index contributed by atoms with van der Waals surface area (Å²) in [6.07, 6.45) is 7.36. The molecule has 0 radical (unpaired) electrons. The molecule has 0 aromatic carbocycles. The molecule has 0 unspecified atom stereocenters. The van der Waals surface area contributed by atoms with Gasteiger partial charge in [-0.1, -0.05) is 0 Å². The maximum absolute atomic E-state index is 4.27. The van der Waals surface area contributed by atoms with E-state index >= 15 is 0 Å². The van der Waals surface area contributed by atoms with E-state index in [0.717, 1.165) is 16.6 Å². The zero-order chi connectivity index (χ0) is 8.67. The zero-order valence-corrected chi connectivity index (χ0v) is 6.88. The van der Waals surface area contributed by atoms with Crippen LogP contribution >= 0.6 is 0 Å². The van der Waals surface area contributed by atoms with Crippen LogP contribution in [0, 0.1) is 0 Å². The number of hydrogen-bond acceptors (Lipinski definition) is 2. The number of pyridine rings is 1. The van der Waals surface area contributed by atoms with E-state index in [1.54, 1.807) is 12.4 Å². The van der Waals surface area contributed by atoms with Gasteiger partial charge in [0.2, 0.25) is 0 Å². The Morgan fingerprint density at radius 2 is 2.23 bits per heavy atom. The third-order valence-electron chi connectivity index (χ3n) is 2.15. The van der Waals surface area contributed by atoms with Crippen molar-refractivity contribution in [3.63, 3.8) is 0 Å². The summed E-state index contributed by atoms with van der Waals surface area (Å²) >= 11 is 0. The summed E-state index contributed by atoms with van der Waals surface area (Å²) in [5.74, 6) is 0. The topological polar surface area (TPSA) is 30.2 Å². The normalized spacial score (nSPS) is 11.1. The predicted molar refractivity (Wildman–Crippen MR) is 50.5 cm³/mol. The molecule has 3 aromatic rings. The Morgan fingerprint density at radius 1 is 1.23 bits per heavy atom. The third kappa shape index (κ3) is 0.839. The van der Waals surface area contributed by atoms with Gasteiger partial charge in [-0.15, -0.1) is 0 Å². The van der Waals surface area contributed by atoms with Crippen molar-refractivity contribution >= 4 is 16.6 Å². The maximum Gasteiger partial charge on any atom is 0.0891 e. The van der Waals surface area contributed by atoms with Crippen molar-refractivity contribution in [2.24, 2.45) is 0 Å². The van der Waals surface area contributed by atoms with E-state index < -0.39 is 0 Å². The molecule has 0 amide bonds. The molecule has 0 aliphatic rings. The van der Waals surface area contributed by atoms with Gasteiger partial charge in [-0.05, 0) is 18.2 Å². The largest absolute Gasteiger partial charge is 0.312 e. The minimum Gasteiger partial charge on any atom is -0.312 e. The fourth-order valence-corrected chi connectivity index (χ4v) is 1.56. The standard InChI is InChI=1S/C10H7N3/c1-2-10-9(12-3-1)6-8-7-11-4-5-13(8)10/h1-7H. The first-order valence-electron chi connectivity index (χ1n) is 4.11. The van der Waals surface area contributed by atoms with Crippen LogP contribution in [0.2, 0.25) is 0 Å². The van der Waals surface area contributed by atoms with E-state index in [2.05, 4.69) is 20.4 Å². The fourth-order valence-electron chi connectivity index (χ4n) is 1.56. The van der Waals surface area contributed by atoms with Crippen molar-refractivity contribution in [1.82, 2.24) is 14.4 Å². The Labute approximate surface area is 74.7 Å². The van der Waals surface area contributed by atoms with Crippen molar-refractivity contribution < 1.29 is 0 Å². The summed E-state index contributed by atoms with van der Waals surface area (Å²) in [5.41, 5.74) is 3.21. The van der Waals surface area contributed by atoms with Gasteiger partial charge in [0, 0.05) is 18.6 Å². The van der Waals surface area contributed by atoms with E-state index in [1.165, 1.54) is 0 Å². The molecule has 0 saturated carbocycles. The minimum atomic E-state index is 1.01. The number of nitrogens with zero attached hydrogens (tertiary/aromatic N) is 3. The summed E-state index contributed by atoms with van der Waals surface area (Å²) in [4.78, 5) is 8.33. The second-order valence-electron chi connectivity index (χ2n) is 2.92. The first-order chi connectivity index (χ1) is 6.45. The molecular weight excluding hydrogens is 162 g/mol. The minimum absolute atomic E-state index is 1.01. The highest BCUT2D eigenvalue weighted by molar-refractivity contribution is 5.83. The maximum atomic E-state index is 4.27. The molecule has 0 N–H and O–H groups in total. The predicted octanol–water partition coefficient (Wildman–Crippen LogP) is 1.88. The summed E-state index contributed by atoms with van der Waals surface area (Å²) in [6.45, 7) is 0. The second-order valence-corrected chi connectivity index (χ2v) is 2.92. The average molecular weight is 169 g/mol. The highest BCUT2D eigenvalue weighted by atomic mass is 14.9. The van der Waals surface area contributed by atoms with Gasteiger partial charge in [0.1, 0.15) is 0 Å². The lowest BCUT2D eigenvalue weighted by Crippen LogP contribution is -1.83. The third-order valence-corrected chi connectivity index (χ3v) is 2.15. The molecule has 0 aliphatic heterocycles. The first-order valence-corrected chi connectivity index (χ1v) is 4.11. The van der Waals surface area contributed by atoms with Gasteiger partial charge in [0.25, 0.3) is 0 Å². The van der Waals surface area contributed by atoms with Gasteiger partial charge < -0.3 is 4.40 Å². The van der Waals surface area contributed by atoms with Gasteiger partial charge in [-0.25, -0.2) is 0 Å². The summed E-state index contributed by atoms with van der Waals surface area (Å²) in [5, 5.41) is 0. The molecule has 0 aliphatic carbocycles. The Balaban J connectivity index is 2.64. The molecule has 3 heterocycles. The number of rotatable bonds is 0. The highest BCUT2D eigenvalue weighted by Crippen LogP contribution is 2.15. The molecule has 0 atom stereocenters. The Morgan fingerprint density at radius 3 is 3.23 bits per heavy atom. The van der Waals surface area contributed by atoms with Crippen LogP contribution in [-0.2, 0) is 0 Å². The SMILES string of the molecule is c1cnc2cc3cnccn3c2c1. The molecule has 3 aromatic heterocycles.